The Labute approximate surface area is 151 Å². The van der Waals surface area contributed by atoms with Crippen molar-refractivity contribution >= 4 is 0 Å². The number of aromatic nitrogens is 1. The molecule has 1 unspecified atom stereocenters. The van der Waals surface area contributed by atoms with E-state index in [4.69, 9.17) is 4.74 Å². The zero-order valence-corrected chi connectivity index (χ0v) is 14.8. The van der Waals surface area contributed by atoms with Gasteiger partial charge in [-0.3, -0.25) is 4.98 Å². The first-order valence-electron chi connectivity index (χ1n) is 8.97. The SMILES string of the molecule is CN1CCC(O)(C(c2ccc(OC(F)(F)F)cn2)C2CCOCC2)CC1. The second-order valence-electron chi connectivity index (χ2n) is 7.30. The van der Waals surface area contributed by atoms with Crippen LogP contribution in [-0.4, -0.2) is 60.3 Å². The molecular formula is C18H25F3N2O3. The number of piperidine rings is 1. The summed E-state index contributed by atoms with van der Waals surface area (Å²) in [6, 6.07) is 2.83. The van der Waals surface area contributed by atoms with Gasteiger partial charge in [-0.05, 0) is 50.8 Å². The maximum absolute atomic E-state index is 12.4. The zero-order chi connectivity index (χ0) is 18.8. The van der Waals surface area contributed by atoms with Crippen molar-refractivity contribution in [2.75, 3.05) is 33.4 Å². The molecule has 5 nitrogen and oxygen atoms in total. The van der Waals surface area contributed by atoms with E-state index in [1.807, 2.05) is 7.05 Å². The average molecular weight is 374 g/mol. The summed E-state index contributed by atoms with van der Waals surface area (Å²) in [4.78, 5) is 6.41. The zero-order valence-electron chi connectivity index (χ0n) is 14.8. The Kier molecular flexibility index (Phi) is 5.74. The van der Waals surface area contributed by atoms with Crippen LogP contribution in [0.1, 0.15) is 37.3 Å². The predicted molar refractivity (Wildman–Crippen MR) is 88.9 cm³/mol. The first-order valence-corrected chi connectivity index (χ1v) is 8.97. The van der Waals surface area contributed by atoms with Crippen molar-refractivity contribution in [1.82, 2.24) is 9.88 Å². The van der Waals surface area contributed by atoms with Crippen LogP contribution in [0.4, 0.5) is 13.2 Å². The second kappa shape index (κ2) is 7.70. The minimum Gasteiger partial charge on any atom is -0.404 e. The van der Waals surface area contributed by atoms with Crippen LogP contribution in [0.25, 0.3) is 0 Å². The highest BCUT2D eigenvalue weighted by Gasteiger charge is 2.45. The number of pyridine rings is 1. The molecule has 3 rings (SSSR count). The summed E-state index contributed by atoms with van der Waals surface area (Å²) in [7, 11) is 2.02. The normalized spacial score (nSPS) is 23.6. The molecule has 0 bridgehead atoms. The Balaban J connectivity index is 1.85. The third-order valence-electron chi connectivity index (χ3n) is 5.48. The van der Waals surface area contributed by atoms with Gasteiger partial charge in [0, 0.05) is 37.9 Å². The lowest BCUT2D eigenvalue weighted by molar-refractivity contribution is -0.274. The minimum atomic E-state index is -4.74. The summed E-state index contributed by atoms with van der Waals surface area (Å²) in [5, 5.41) is 11.4. The number of halogens is 3. The molecule has 0 saturated carbocycles. The molecule has 1 atom stereocenters. The number of alkyl halides is 3. The van der Waals surface area contributed by atoms with Gasteiger partial charge in [-0.25, -0.2) is 0 Å². The van der Waals surface area contributed by atoms with Gasteiger partial charge in [0.2, 0.25) is 0 Å². The van der Waals surface area contributed by atoms with Gasteiger partial charge < -0.3 is 19.5 Å². The molecule has 1 aromatic rings. The molecule has 0 amide bonds. The van der Waals surface area contributed by atoms with Crippen molar-refractivity contribution in [2.24, 2.45) is 5.92 Å². The molecule has 8 heteroatoms. The van der Waals surface area contributed by atoms with Crippen LogP contribution >= 0.6 is 0 Å². The summed E-state index contributed by atoms with van der Waals surface area (Å²) in [5.74, 6) is -0.374. The van der Waals surface area contributed by atoms with E-state index in [0.29, 0.717) is 31.7 Å². The fourth-order valence-electron chi connectivity index (χ4n) is 4.09. The van der Waals surface area contributed by atoms with Crippen LogP contribution in [0.15, 0.2) is 18.3 Å². The van der Waals surface area contributed by atoms with Crippen molar-refractivity contribution in [2.45, 2.75) is 43.6 Å². The molecule has 0 aliphatic carbocycles. The fourth-order valence-corrected chi connectivity index (χ4v) is 4.09. The Morgan fingerprint density at radius 3 is 2.46 bits per heavy atom. The van der Waals surface area contributed by atoms with Crippen molar-refractivity contribution < 1.29 is 27.8 Å². The van der Waals surface area contributed by atoms with Gasteiger partial charge in [-0.15, -0.1) is 13.2 Å². The molecule has 1 N–H and O–H groups in total. The molecule has 0 aromatic carbocycles. The van der Waals surface area contributed by atoms with E-state index in [1.165, 1.54) is 6.07 Å². The lowest BCUT2D eigenvalue weighted by Crippen LogP contribution is -2.49. The molecule has 2 aliphatic heterocycles. The Morgan fingerprint density at radius 1 is 1.27 bits per heavy atom. The maximum Gasteiger partial charge on any atom is 0.573 e. The van der Waals surface area contributed by atoms with Crippen molar-refractivity contribution in [3.05, 3.63) is 24.0 Å². The molecule has 2 aliphatic rings. The highest BCUT2D eigenvalue weighted by atomic mass is 19.4. The molecule has 26 heavy (non-hydrogen) atoms. The highest BCUT2D eigenvalue weighted by Crippen LogP contribution is 2.44. The number of likely N-dealkylation sites (tertiary alicyclic amines) is 1. The Bertz CT molecular complexity index is 580. The van der Waals surface area contributed by atoms with Crippen molar-refractivity contribution in [1.29, 1.82) is 0 Å². The van der Waals surface area contributed by atoms with Crippen LogP contribution in [0.5, 0.6) is 5.75 Å². The molecule has 0 spiro atoms. The predicted octanol–water partition coefficient (Wildman–Crippen LogP) is 2.95. The summed E-state index contributed by atoms with van der Waals surface area (Å²) < 4.78 is 46.5. The van der Waals surface area contributed by atoms with E-state index in [1.54, 1.807) is 6.07 Å². The minimum absolute atomic E-state index is 0.194. The largest absolute Gasteiger partial charge is 0.573 e. The van der Waals surface area contributed by atoms with Gasteiger partial charge >= 0.3 is 6.36 Å². The topological polar surface area (TPSA) is 54.8 Å². The quantitative estimate of drug-likeness (QED) is 0.878. The van der Waals surface area contributed by atoms with Gasteiger partial charge in [0.15, 0.2) is 0 Å². The fraction of sp³-hybridized carbons (Fsp3) is 0.722. The number of aliphatic hydroxyl groups is 1. The standard InChI is InChI=1S/C18H25F3N2O3/c1-23-8-6-17(24,7-9-23)16(13-4-10-25-11-5-13)15-3-2-14(12-22-15)26-18(19,20)21/h2-3,12-13,16,24H,4-11H2,1H3. The second-order valence-corrected chi connectivity index (χ2v) is 7.30. The van der Waals surface area contributed by atoms with Crippen LogP contribution in [0.2, 0.25) is 0 Å². The monoisotopic (exact) mass is 374 g/mol. The van der Waals surface area contributed by atoms with Gasteiger partial charge in [0.05, 0.1) is 11.8 Å². The number of ether oxygens (including phenoxy) is 2. The van der Waals surface area contributed by atoms with Gasteiger partial charge in [-0.1, -0.05) is 0 Å². The third-order valence-corrected chi connectivity index (χ3v) is 5.48. The van der Waals surface area contributed by atoms with Crippen molar-refractivity contribution in [3.63, 3.8) is 0 Å². The number of hydrogen-bond donors (Lipinski definition) is 1. The van der Waals surface area contributed by atoms with Crippen LogP contribution < -0.4 is 4.74 Å². The molecule has 3 heterocycles. The van der Waals surface area contributed by atoms with Crippen LogP contribution in [0.3, 0.4) is 0 Å². The van der Waals surface area contributed by atoms with Crippen LogP contribution in [-0.2, 0) is 4.74 Å². The molecule has 2 fully saturated rings. The van der Waals surface area contributed by atoms with Gasteiger partial charge in [-0.2, -0.15) is 0 Å². The summed E-state index contributed by atoms with van der Waals surface area (Å²) in [6.45, 7) is 2.83. The van der Waals surface area contributed by atoms with Crippen LogP contribution in [0, 0.1) is 5.92 Å². The molecule has 2 saturated heterocycles. The van der Waals surface area contributed by atoms with E-state index in [0.717, 1.165) is 32.1 Å². The Hall–Kier alpha value is -1.38. The van der Waals surface area contributed by atoms with E-state index in [9.17, 15) is 18.3 Å². The van der Waals surface area contributed by atoms with Crippen molar-refractivity contribution in [3.8, 4) is 5.75 Å². The molecular weight excluding hydrogens is 349 g/mol. The summed E-state index contributed by atoms with van der Waals surface area (Å²) in [5.41, 5.74) is -0.285. The lowest BCUT2D eigenvalue weighted by atomic mass is 9.69. The number of rotatable bonds is 4. The third kappa shape index (κ3) is 4.66. The van der Waals surface area contributed by atoms with Gasteiger partial charge in [0.25, 0.3) is 0 Å². The molecule has 1 aromatic heterocycles. The number of nitrogens with zero attached hydrogens (tertiary/aromatic N) is 2. The van der Waals surface area contributed by atoms with Gasteiger partial charge in [0.1, 0.15) is 5.75 Å². The molecule has 146 valence electrons. The van der Waals surface area contributed by atoms with E-state index in [2.05, 4.69) is 14.6 Å². The Morgan fingerprint density at radius 2 is 1.92 bits per heavy atom. The first kappa shape index (κ1) is 19.4. The summed E-state index contributed by atoms with van der Waals surface area (Å²) >= 11 is 0. The number of hydrogen-bond acceptors (Lipinski definition) is 5. The average Bonchev–Trinajstić information content (AvgIpc) is 2.59. The van der Waals surface area contributed by atoms with E-state index in [-0.39, 0.29) is 17.6 Å². The molecule has 0 radical (unpaired) electrons. The lowest BCUT2D eigenvalue weighted by Gasteiger charge is -2.45. The first-order chi connectivity index (χ1) is 12.3. The van der Waals surface area contributed by atoms with E-state index >= 15 is 0 Å². The highest BCUT2D eigenvalue weighted by molar-refractivity contribution is 5.25. The van der Waals surface area contributed by atoms with E-state index < -0.39 is 12.0 Å². The summed E-state index contributed by atoms with van der Waals surface area (Å²) in [6.07, 6.45) is -0.790. The maximum atomic E-state index is 12.4. The smallest absolute Gasteiger partial charge is 0.404 e.